The normalized spacial score (nSPS) is 18.0. The summed E-state index contributed by atoms with van der Waals surface area (Å²) in [6, 6.07) is 15.5. The molecule has 3 heterocycles. The van der Waals surface area contributed by atoms with E-state index in [0.717, 1.165) is 66.1 Å². The zero-order valence-electron chi connectivity index (χ0n) is 24.0. The topological polar surface area (TPSA) is 77.6 Å². The van der Waals surface area contributed by atoms with Gasteiger partial charge in [0, 0.05) is 74.2 Å². The van der Waals surface area contributed by atoms with E-state index in [4.69, 9.17) is 21.6 Å². The Balaban J connectivity index is 1.37. The van der Waals surface area contributed by atoms with Crippen LogP contribution in [0.2, 0.25) is 5.02 Å². The molecule has 3 aromatic rings. The minimum atomic E-state index is -4.77. The lowest BCUT2D eigenvalue weighted by atomic mass is 9.99. The Bertz CT molecular complexity index is 1460. The molecule has 2 aliphatic heterocycles. The monoisotopic (exact) mass is 614 g/mol. The zero-order valence-corrected chi connectivity index (χ0v) is 24.7. The highest BCUT2D eigenvalue weighted by atomic mass is 35.5. The lowest BCUT2D eigenvalue weighted by Gasteiger charge is -2.37. The third-order valence-corrected chi connectivity index (χ3v) is 8.29. The first-order valence-electron chi connectivity index (χ1n) is 14.5. The molecule has 2 aliphatic rings. The third kappa shape index (κ3) is 6.92. The second-order valence-electron chi connectivity index (χ2n) is 10.8. The minimum absolute atomic E-state index is 0.0307. The number of hydrogen-bond acceptors (Lipinski definition) is 7. The summed E-state index contributed by atoms with van der Waals surface area (Å²) in [7, 11) is 0. The number of ether oxygens (including phenoxy) is 1. The molecule has 12 heteroatoms. The maximum Gasteiger partial charge on any atom is 0.433 e. The number of carbonyl (C=O) groups is 1. The largest absolute Gasteiger partial charge is 0.462 e. The van der Waals surface area contributed by atoms with Gasteiger partial charge in [-0.2, -0.15) is 23.5 Å². The summed E-state index contributed by atoms with van der Waals surface area (Å²) in [6.45, 7) is 6.82. The van der Waals surface area contributed by atoms with E-state index < -0.39 is 29.4 Å². The van der Waals surface area contributed by atoms with Crippen LogP contribution in [0.1, 0.15) is 48.3 Å². The van der Waals surface area contributed by atoms with Crippen molar-refractivity contribution in [2.75, 3.05) is 62.2 Å². The van der Waals surface area contributed by atoms with Gasteiger partial charge in [-0.05, 0) is 49.6 Å². The van der Waals surface area contributed by atoms with Gasteiger partial charge in [-0.25, -0.2) is 4.79 Å². The van der Waals surface area contributed by atoms with Gasteiger partial charge >= 0.3 is 12.1 Å². The minimum Gasteiger partial charge on any atom is -0.462 e. The van der Waals surface area contributed by atoms with E-state index in [9.17, 15) is 18.0 Å². The molecule has 0 radical (unpaired) electrons. The second-order valence-corrected chi connectivity index (χ2v) is 11.2. The van der Waals surface area contributed by atoms with Gasteiger partial charge in [0.25, 0.3) is 0 Å². The first-order chi connectivity index (χ1) is 20.7. The summed E-state index contributed by atoms with van der Waals surface area (Å²) in [4.78, 5) is 19.0. The lowest BCUT2D eigenvalue weighted by molar-refractivity contribution is -0.145. The van der Waals surface area contributed by atoms with Crippen LogP contribution >= 0.6 is 11.6 Å². The molecule has 0 amide bonds. The highest BCUT2D eigenvalue weighted by molar-refractivity contribution is 6.31. The number of carbonyl (C=O) groups excluding carboxylic acids is 1. The van der Waals surface area contributed by atoms with Crippen molar-refractivity contribution in [1.82, 2.24) is 14.7 Å². The van der Waals surface area contributed by atoms with Crippen LogP contribution in [0.25, 0.3) is 11.1 Å². The molecule has 2 saturated heterocycles. The number of nitrogens with zero attached hydrogens (tertiary/aromatic N) is 6. The van der Waals surface area contributed by atoms with Crippen molar-refractivity contribution in [2.24, 2.45) is 0 Å². The van der Waals surface area contributed by atoms with Crippen LogP contribution in [-0.2, 0) is 10.9 Å². The molecule has 0 spiro atoms. The van der Waals surface area contributed by atoms with Gasteiger partial charge in [-0.1, -0.05) is 29.8 Å². The van der Waals surface area contributed by atoms with E-state index >= 15 is 0 Å². The van der Waals surface area contributed by atoms with Gasteiger partial charge in [0.2, 0.25) is 0 Å². The van der Waals surface area contributed by atoms with Crippen molar-refractivity contribution >= 4 is 28.9 Å². The molecule has 1 atom stereocenters. The third-order valence-electron chi connectivity index (χ3n) is 8.06. The van der Waals surface area contributed by atoms with Crippen molar-refractivity contribution in [3.63, 3.8) is 0 Å². The number of alkyl halides is 3. The molecule has 1 unspecified atom stereocenters. The van der Waals surface area contributed by atoms with E-state index in [1.165, 1.54) is 0 Å². The van der Waals surface area contributed by atoms with Gasteiger partial charge in [0.1, 0.15) is 5.56 Å². The number of anilines is 2. The molecular weight excluding hydrogens is 581 g/mol. The van der Waals surface area contributed by atoms with Crippen molar-refractivity contribution < 1.29 is 22.7 Å². The Hall–Kier alpha value is -3.75. The first kappa shape index (κ1) is 30.7. The number of rotatable bonds is 8. The van der Waals surface area contributed by atoms with Gasteiger partial charge in [-0.15, -0.1) is 0 Å². The molecule has 43 heavy (non-hydrogen) atoms. The van der Waals surface area contributed by atoms with Crippen LogP contribution in [0.4, 0.5) is 24.5 Å². The molecule has 0 N–H and O–H groups in total. The molecular formula is C31H34ClF3N6O2. The Morgan fingerprint density at radius 1 is 1.09 bits per heavy atom. The summed E-state index contributed by atoms with van der Waals surface area (Å²) in [5, 5.41) is 13.4. The van der Waals surface area contributed by atoms with Crippen molar-refractivity contribution in [1.29, 1.82) is 5.26 Å². The highest BCUT2D eigenvalue weighted by Gasteiger charge is 2.42. The highest BCUT2D eigenvalue weighted by Crippen LogP contribution is 2.39. The number of piperidine rings is 1. The second kappa shape index (κ2) is 13.3. The molecule has 1 aromatic heterocycles. The fraction of sp³-hybridized carbons (Fsp3) is 0.452. The number of nitriles is 1. The maximum atomic E-state index is 14.2. The van der Waals surface area contributed by atoms with Gasteiger partial charge in [-0.3, -0.25) is 9.58 Å². The zero-order chi connectivity index (χ0) is 30.6. The van der Waals surface area contributed by atoms with E-state index in [1.807, 2.05) is 18.2 Å². The molecule has 0 bridgehead atoms. The molecule has 228 valence electrons. The van der Waals surface area contributed by atoms with Crippen LogP contribution in [0, 0.1) is 11.3 Å². The van der Waals surface area contributed by atoms with Gasteiger partial charge in [0.05, 0.1) is 24.9 Å². The van der Waals surface area contributed by atoms with Gasteiger partial charge < -0.3 is 14.5 Å². The number of piperazine rings is 1. The standard InChI is InChI=1S/C31H34ClF3N6O2/c1-2-43-30(42)27-20-37-41(29(27)31(33,34)35)25-5-3-14-40(21-25)28-19-23(32)8-11-26(28)22-6-9-24(10-7-22)39-17-15-38(16-18-39)13-4-12-36/h6-11,19-20,25H,2-5,13-18,21H2,1H3. The SMILES string of the molecule is CCOC(=O)c1cnn(C2CCCN(c3cc(Cl)ccc3-c3ccc(N4CCN(CCC#N)CC4)cc3)C2)c1C(F)(F)F. The predicted molar refractivity (Wildman–Crippen MR) is 159 cm³/mol. The Morgan fingerprint density at radius 2 is 1.84 bits per heavy atom. The van der Waals surface area contributed by atoms with Crippen LogP contribution in [-0.4, -0.2) is 73.1 Å². The predicted octanol–water partition coefficient (Wildman–Crippen LogP) is 6.28. The van der Waals surface area contributed by atoms with Crippen molar-refractivity contribution in [2.45, 2.75) is 38.4 Å². The molecule has 0 saturated carbocycles. The van der Waals surface area contributed by atoms with Crippen molar-refractivity contribution in [3.8, 4) is 17.2 Å². The molecule has 5 rings (SSSR count). The van der Waals surface area contributed by atoms with Crippen LogP contribution in [0.15, 0.2) is 48.7 Å². The molecule has 0 aliphatic carbocycles. The maximum absolute atomic E-state index is 14.2. The summed E-state index contributed by atoms with van der Waals surface area (Å²) in [6.07, 6.45) is -2.15. The summed E-state index contributed by atoms with van der Waals surface area (Å²) in [5.74, 6) is -1.03. The Kier molecular flexibility index (Phi) is 9.47. The average Bonchev–Trinajstić information content (AvgIpc) is 3.47. The summed E-state index contributed by atoms with van der Waals surface area (Å²) in [5.41, 5.74) is 2.21. The van der Waals surface area contributed by atoms with Gasteiger partial charge in [0.15, 0.2) is 5.69 Å². The summed E-state index contributed by atoms with van der Waals surface area (Å²) < 4.78 is 48.3. The van der Waals surface area contributed by atoms with Crippen LogP contribution < -0.4 is 9.80 Å². The van der Waals surface area contributed by atoms with Crippen LogP contribution in [0.5, 0.6) is 0 Å². The first-order valence-corrected chi connectivity index (χ1v) is 14.9. The quantitative estimate of drug-likeness (QED) is 0.277. The Morgan fingerprint density at radius 3 is 2.51 bits per heavy atom. The number of hydrogen-bond donors (Lipinski definition) is 0. The molecule has 2 aromatic carbocycles. The fourth-order valence-electron chi connectivity index (χ4n) is 5.95. The fourth-order valence-corrected chi connectivity index (χ4v) is 6.12. The number of halogens is 4. The number of esters is 1. The number of benzene rings is 2. The molecule has 8 nitrogen and oxygen atoms in total. The van der Waals surface area contributed by atoms with E-state index in [-0.39, 0.29) is 13.2 Å². The Labute approximate surface area is 254 Å². The van der Waals surface area contributed by atoms with E-state index in [1.54, 1.807) is 6.92 Å². The van der Waals surface area contributed by atoms with Crippen LogP contribution in [0.3, 0.4) is 0 Å². The molecule has 2 fully saturated rings. The average molecular weight is 615 g/mol. The van der Waals surface area contributed by atoms with E-state index in [2.05, 4.69) is 50.1 Å². The van der Waals surface area contributed by atoms with E-state index in [0.29, 0.717) is 30.8 Å². The summed E-state index contributed by atoms with van der Waals surface area (Å²) >= 11 is 6.43. The smallest absolute Gasteiger partial charge is 0.433 e. The van der Waals surface area contributed by atoms with Crippen molar-refractivity contribution in [3.05, 3.63) is 64.9 Å². The lowest BCUT2D eigenvalue weighted by Crippen LogP contribution is -2.46. The number of aromatic nitrogens is 2.